The topological polar surface area (TPSA) is 72.0 Å². The molecule has 7 nitrogen and oxygen atoms in total. The molecule has 2 aliphatic heterocycles. The number of pyridine rings is 1. The normalized spacial score (nSPS) is 21.1. The Morgan fingerprint density at radius 3 is 2.60 bits per heavy atom. The lowest BCUT2D eigenvalue weighted by Gasteiger charge is -2.48. The molecule has 2 aromatic rings. The van der Waals surface area contributed by atoms with E-state index in [-0.39, 0.29) is 17.9 Å². The number of nitrogens with zero attached hydrogens (tertiary/aromatic N) is 3. The Bertz CT molecular complexity index is 943. The fraction of sp³-hybridized carbons (Fsp3) is 0.348. The summed E-state index contributed by atoms with van der Waals surface area (Å²) in [5.74, 6) is 0.753. The number of aromatic nitrogens is 1. The Kier molecular flexibility index (Phi) is 5.81. The molecule has 4 rings (SSSR count). The van der Waals surface area contributed by atoms with E-state index in [1.54, 1.807) is 43.6 Å². The maximum Gasteiger partial charge on any atom is 0.255 e. The summed E-state index contributed by atoms with van der Waals surface area (Å²) in [7, 11) is 3.20. The van der Waals surface area contributed by atoms with Gasteiger partial charge in [0.25, 0.3) is 11.8 Å². The lowest BCUT2D eigenvalue weighted by Crippen LogP contribution is -2.66. The first-order chi connectivity index (χ1) is 14.6. The van der Waals surface area contributed by atoms with E-state index in [0.29, 0.717) is 31.6 Å². The lowest BCUT2D eigenvalue weighted by molar-refractivity contribution is -0.168. The van der Waals surface area contributed by atoms with Crippen molar-refractivity contribution in [2.75, 3.05) is 27.3 Å². The Balaban J connectivity index is 1.46. The van der Waals surface area contributed by atoms with E-state index in [1.807, 2.05) is 29.2 Å². The average molecular weight is 407 g/mol. The second-order valence-corrected chi connectivity index (χ2v) is 7.44. The summed E-state index contributed by atoms with van der Waals surface area (Å²) >= 11 is 0. The molecule has 3 heterocycles. The van der Waals surface area contributed by atoms with Crippen molar-refractivity contribution in [2.45, 2.75) is 25.1 Å². The van der Waals surface area contributed by atoms with Crippen LogP contribution in [0.4, 0.5) is 0 Å². The SMILES string of the molecule is COc1ccc(CN2C(=O)[C@H](OC)[C@@H]2C2=CCN(C(=O)c3cccnc3)CC2)cc1. The van der Waals surface area contributed by atoms with Crippen LogP contribution in [0.2, 0.25) is 0 Å². The largest absolute Gasteiger partial charge is 0.497 e. The van der Waals surface area contributed by atoms with Gasteiger partial charge < -0.3 is 19.3 Å². The third-order valence-electron chi connectivity index (χ3n) is 5.73. The highest BCUT2D eigenvalue weighted by Gasteiger charge is 2.49. The zero-order valence-corrected chi connectivity index (χ0v) is 17.2. The quantitative estimate of drug-likeness (QED) is 0.543. The average Bonchev–Trinajstić information content (AvgIpc) is 2.81. The fourth-order valence-electron chi connectivity index (χ4n) is 4.05. The standard InChI is InChI=1S/C23H25N3O4/c1-29-19-7-5-16(6-8-19)15-26-20(21(30-2)23(26)28)17-9-12-25(13-10-17)22(27)18-4-3-11-24-14-18/h3-9,11,14,20-21H,10,12-13,15H2,1-2H3/t20-,21+/m0/s1. The molecule has 0 aliphatic carbocycles. The summed E-state index contributed by atoms with van der Waals surface area (Å²) in [6.07, 6.45) is 5.55. The van der Waals surface area contributed by atoms with E-state index in [9.17, 15) is 9.59 Å². The monoisotopic (exact) mass is 407 g/mol. The predicted molar refractivity (Wildman–Crippen MR) is 111 cm³/mol. The minimum absolute atomic E-state index is 0.00640. The minimum atomic E-state index is -0.463. The molecule has 1 aromatic heterocycles. The van der Waals surface area contributed by atoms with Crippen LogP contribution >= 0.6 is 0 Å². The summed E-state index contributed by atoms with van der Waals surface area (Å²) in [6.45, 7) is 1.64. The van der Waals surface area contributed by atoms with Gasteiger partial charge in [0.15, 0.2) is 6.10 Å². The highest BCUT2D eigenvalue weighted by molar-refractivity contribution is 5.94. The minimum Gasteiger partial charge on any atom is -0.497 e. The van der Waals surface area contributed by atoms with E-state index in [4.69, 9.17) is 9.47 Å². The summed E-state index contributed by atoms with van der Waals surface area (Å²) in [5, 5.41) is 0. The number of rotatable bonds is 6. The van der Waals surface area contributed by atoms with Crippen molar-refractivity contribution < 1.29 is 19.1 Å². The van der Waals surface area contributed by atoms with Gasteiger partial charge in [0, 0.05) is 39.1 Å². The third kappa shape index (κ3) is 3.80. The van der Waals surface area contributed by atoms with Crippen molar-refractivity contribution in [3.8, 4) is 5.75 Å². The maximum absolute atomic E-state index is 12.6. The highest BCUT2D eigenvalue weighted by atomic mass is 16.5. The Morgan fingerprint density at radius 2 is 2.00 bits per heavy atom. The number of hydrogen-bond acceptors (Lipinski definition) is 5. The van der Waals surface area contributed by atoms with E-state index in [1.165, 1.54) is 0 Å². The molecule has 0 saturated carbocycles. The number of carbonyl (C=O) groups is 2. The van der Waals surface area contributed by atoms with Gasteiger partial charge >= 0.3 is 0 Å². The molecular formula is C23H25N3O4. The van der Waals surface area contributed by atoms with Crippen LogP contribution in [0.15, 0.2) is 60.4 Å². The molecule has 0 N–H and O–H groups in total. The zero-order chi connectivity index (χ0) is 21.1. The van der Waals surface area contributed by atoms with Gasteiger partial charge in [-0.2, -0.15) is 0 Å². The number of amides is 2. The highest BCUT2D eigenvalue weighted by Crippen LogP contribution is 2.33. The van der Waals surface area contributed by atoms with Crippen molar-refractivity contribution >= 4 is 11.8 Å². The number of ether oxygens (including phenoxy) is 2. The fourth-order valence-corrected chi connectivity index (χ4v) is 4.05. The van der Waals surface area contributed by atoms with Gasteiger partial charge in [-0.05, 0) is 41.8 Å². The number of β-lactam (4-membered cyclic amide) rings is 1. The van der Waals surface area contributed by atoms with Gasteiger partial charge in [-0.1, -0.05) is 18.2 Å². The van der Waals surface area contributed by atoms with Gasteiger partial charge in [-0.25, -0.2) is 0 Å². The molecule has 30 heavy (non-hydrogen) atoms. The van der Waals surface area contributed by atoms with Crippen LogP contribution in [-0.4, -0.2) is 66.1 Å². The van der Waals surface area contributed by atoms with Gasteiger partial charge in [0.2, 0.25) is 0 Å². The molecule has 7 heteroatoms. The maximum atomic E-state index is 12.6. The first kappa shape index (κ1) is 20.1. The van der Waals surface area contributed by atoms with Crippen LogP contribution in [0.3, 0.4) is 0 Å². The molecule has 2 aliphatic rings. The molecule has 2 atom stereocenters. The van der Waals surface area contributed by atoms with Crippen LogP contribution in [-0.2, 0) is 16.1 Å². The van der Waals surface area contributed by atoms with Gasteiger partial charge in [0.1, 0.15) is 5.75 Å². The molecule has 0 bridgehead atoms. The number of hydrogen-bond donors (Lipinski definition) is 0. The van der Waals surface area contributed by atoms with E-state index >= 15 is 0 Å². The van der Waals surface area contributed by atoms with Crippen LogP contribution in [0.5, 0.6) is 5.75 Å². The molecule has 0 unspecified atom stereocenters. The summed E-state index contributed by atoms with van der Waals surface area (Å²) < 4.78 is 10.7. The Labute approximate surface area is 175 Å². The number of benzene rings is 1. The summed E-state index contributed by atoms with van der Waals surface area (Å²) in [4.78, 5) is 32.9. The van der Waals surface area contributed by atoms with E-state index in [0.717, 1.165) is 16.9 Å². The smallest absolute Gasteiger partial charge is 0.255 e. The molecule has 1 saturated heterocycles. The van der Waals surface area contributed by atoms with Gasteiger partial charge in [0.05, 0.1) is 18.7 Å². The number of likely N-dealkylation sites (tertiary alicyclic amines) is 1. The van der Waals surface area contributed by atoms with Crippen molar-refractivity contribution in [3.63, 3.8) is 0 Å². The van der Waals surface area contributed by atoms with E-state index < -0.39 is 6.10 Å². The third-order valence-corrected chi connectivity index (χ3v) is 5.73. The molecule has 0 radical (unpaired) electrons. The lowest BCUT2D eigenvalue weighted by atomic mass is 9.86. The van der Waals surface area contributed by atoms with Gasteiger partial charge in [-0.3, -0.25) is 14.6 Å². The van der Waals surface area contributed by atoms with E-state index in [2.05, 4.69) is 11.1 Å². The second kappa shape index (κ2) is 8.67. The number of methoxy groups -OCH3 is 2. The molecule has 1 fully saturated rings. The number of carbonyl (C=O) groups excluding carboxylic acids is 2. The van der Waals surface area contributed by atoms with Crippen LogP contribution in [0.1, 0.15) is 22.3 Å². The zero-order valence-electron chi connectivity index (χ0n) is 17.2. The molecule has 1 aromatic carbocycles. The first-order valence-corrected chi connectivity index (χ1v) is 9.97. The summed E-state index contributed by atoms with van der Waals surface area (Å²) in [6, 6.07) is 11.2. The molecule has 0 spiro atoms. The summed E-state index contributed by atoms with van der Waals surface area (Å²) in [5.41, 5.74) is 2.77. The van der Waals surface area contributed by atoms with Crippen LogP contribution < -0.4 is 4.74 Å². The van der Waals surface area contributed by atoms with Gasteiger partial charge in [-0.15, -0.1) is 0 Å². The molecular weight excluding hydrogens is 382 g/mol. The Hall–Kier alpha value is -3.19. The molecule has 2 amide bonds. The first-order valence-electron chi connectivity index (χ1n) is 9.97. The predicted octanol–water partition coefficient (Wildman–Crippen LogP) is 2.29. The van der Waals surface area contributed by atoms with Crippen LogP contribution in [0.25, 0.3) is 0 Å². The van der Waals surface area contributed by atoms with Crippen molar-refractivity contribution in [1.82, 2.24) is 14.8 Å². The van der Waals surface area contributed by atoms with Crippen molar-refractivity contribution in [1.29, 1.82) is 0 Å². The van der Waals surface area contributed by atoms with Crippen molar-refractivity contribution in [3.05, 3.63) is 71.6 Å². The Morgan fingerprint density at radius 1 is 1.20 bits per heavy atom. The van der Waals surface area contributed by atoms with Crippen LogP contribution in [0, 0.1) is 0 Å². The van der Waals surface area contributed by atoms with Crippen molar-refractivity contribution in [2.24, 2.45) is 0 Å². The molecule has 156 valence electrons. The second-order valence-electron chi connectivity index (χ2n) is 7.44.